The van der Waals surface area contributed by atoms with Crippen LogP contribution in [0.3, 0.4) is 0 Å². The largest absolute Gasteiger partial charge is 0.369 e. The molecule has 1 aliphatic heterocycles. The number of rotatable bonds is 3. The van der Waals surface area contributed by atoms with Crippen molar-refractivity contribution in [2.24, 2.45) is 5.92 Å². The minimum Gasteiger partial charge on any atom is -0.369 e. The monoisotopic (exact) mass is 268 g/mol. The third kappa shape index (κ3) is 2.35. The van der Waals surface area contributed by atoms with Gasteiger partial charge in [-0.3, -0.25) is 9.38 Å². The molecule has 0 radical (unpaired) electrons. The second-order valence-electron chi connectivity index (χ2n) is 4.66. The molecule has 0 aromatic carbocycles. The molecule has 19 heavy (non-hydrogen) atoms. The van der Waals surface area contributed by atoms with E-state index in [-0.39, 0.29) is 13.1 Å². The number of hydrogen-bond acceptors (Lipinski definition) is 5. The van der Waals surface area contributed by atoms with Crippen LogP contribution in [0, 0.1) is 5.92 Å². The molecule has 2 aromatic heterocycles. The van der Waals surface area contributed by atoms with Crippen LogP contribution in [0.25, 0.3) is 5.65 Å². The molecule has 1 aliphatic rings. The Bertz CT molecular complexity index is 569. The van der Waals surface area contributed by atoms with Crippen molar-refractivity contribution in [1.29, 1.82) is 0 Å². The topological polar surface area (TPSA) is 67.1 Å². The van der Waals surface area contributed by atoms with Crippen molar-refractivity contribution >= 4 is 11.5 Å². The van der Waals surface area contributed by atoms with Gasteiger partial charge < -0.3 is 10.6 Å². The number of nitrogens with one attached hydrogen (secondary N) is 2. The highest BCUT2D eigenvalue weighted by Gasteiger charge is 2.41. The normalized spacial score (nSPS) is 22.5. The molecule has 1 fully saturated rings. The fourth-order valence-electron chi connectivity index (χ4n) is 2.25. The van der Waals surface area contributed by atoms with E-state index in [1.54, 1.807) is 16.8 Å². The van der Waals surface area contributed by atoms with Gasteiger partial charge in [0.1, 0.15) is 12.1 Å². The Morgan fingerprint density at radius 1 is 1.47 bits per heavy atom. The fourth-order valence-corrected chi connectivity index (χ4v) is 2.25. The molecule has 0 amide bonds. The quantitative estimate of drug-likeness (QED) is 0.861. The van der Waals surface area contributed by atoms with E-state index in [0.29, 0.717) is 24.4 Å². The Morgan fingerprint density at radius 2 is 2.37 bits per heavy atom. The molecule has 3 rings (SSSR count). The summed E-state index contributed by atoms with van der Waals surface area (Å²) in [7, 11) is 0. The number of alkyl halides is 2. The van der Waals surface area contributed by atoms with Crippen LogP contribution in [0.5, 0.6) is 0 Å². The molecule has 0 spiro atoms. The van der Waals surface area contributed by atoms with Crippen molar-refractivity contribution in [3.8, 4) is 0 Å². The third-order valence-electron chi connectivity index (χ3n) is 3.38. The van der Waals surface area contributed by atoms with Crippen molar-refractivity contribution in [2.75, 3.05) is 25.0 Å². The van der Waals surface area contributed by atoms with Gasteiger partial charge in [0, 0.05) is 12.5 Å². The molecule has 0 saturated carbocycles. The number of nitrogens with zero attached hydrogens (tertiary/aromatic N) is 4. The minimum atomic E-state index is -2.68. The van der Waals surface area contributed by atoms with Gasteiger partial charge in [-0.1, -0.05) is 0 Å². The van der Waals surface area contributed by atoms with Crippen LogP contribution in [-0.2, 0) is 0 Å². The van der Waals surface area contributed by atoms with Gasteiger partial charge in [-0.25, -0.2) is 8.78 Å². The van der Waals surface area contributed by atoms with Crippen LogP contribution in [0.4, 0.5) is 14.6 Å². The highest BCUT2D eigenvalue weighted by atomic mass is 19.3. The molecule has 0 bridgehead atoms. The van der Waals surface area contributed by atoms with Gasteiger partial charge in [-0.05, 0) is 13.0 Å². The lowest BCUT2D eigenvalue weighted by atomic mass is 9.94. The maximum Gasteiger partial charge on any atom is 0.264 e. The van der Waals surface area contributed by atoms with Crippen molar-refractivity contribution in [1.82, 2.24) is 24.9 Å². The Balaban J connectivity index is 1.73. The lowest BCUT2D eigenvalue weighted by molar-refractivity contribution is -0.0678. The predicted octanol–water partition coefficient (Wildman–Crippen LogP) is 0.781. The average Bonchev–Trinajstić information content (AvgIpc) is 2.86. The van der Waals surface area contributed by atoms with Crippen molar-refractivity contribution in [3.05, 3.63) is 18.7 Å². The molecule has 0 aliphatic carbocycles. The molecule has 102 valence electrons. The Morgan fingerprint density at radius 3 is 3.21 bits per heavy atom. The molecule has 6 nitrogen and oxygen atoms in total. The molecular weight excluding hydrogens is 254 g/mol. The van der Waals surface area contributed by atoms with Gasteiger partial charge in [0.05, 0.1) is 18.9 Å². The summed E-state index contributed by atoms with van der Waals surface area (Å²) in [4.78, 5) is 4.00. The van der Waals surface area contributed by atoms with Gasteiger partial charge in [0.15, 0.2) is 5.65 Å². The average molecular weight is 268 g/mol. The van der Waals surface area contributed by atoms with Gasteiger partial charge >= 0.3 is 0 Å². The van der Waals surface area contributed by atoms with Gasteiger partial charge in [0.2, 0.25) is 0 Å². The summed E-state index contributed by atoms with van der Waals surface area (Å²) < 4.78 is 29.0. The van der Waals surface area contributed by atoms with Crippen LogP contribution in [0.15, 0.2) is 18.7 Å². The second kappa shape index (κ2) is 4.69. The first-order valence-corrected chi connectivity index (χ1v) is 6.13. The summed E-state index contributed by atoms with van der Waals surface area (Å²) in [6.45, 7) is 0.569. The van der Waals surface area contributed by atoms with Crippen LogP contribution in [-0.4, -0.2) is 45.1 Å². The Labute approximate surface area is 108 Å². The van der Waals surface area contributed by atoms with Crippen molar-refractivity contribution in [3.63, 3.8) is 0 Å². The number of hydrogen-bond donors (Lipinski definition) is 2. The molecule has 3 heterocycles. The maximum absolute atomic E-state index is 13.7. The SMILES string of the molecule is FC1(F)CNCCC1CNc1cncc2nncn12. The van der Waals surface area contributed by atoms with Gasteiger partial charge in [-0.2, -0.15) is 0 Å². The predicted molar refractivity (Wildman–Crippen MR) is 65.2 cm³/mol. The van der Waals surface area contributed by atoms with Crippen LogP contribution >= 0.6 is 0 Å². The molecule has 1 saturated heterocycles. The first-order chi connectivity index (χ1) is 9.17. The van der Waals surface area contributed by atoms with Crippen LogP contribution < -0.4 is 10.6 Å². The molecule has 1 unspecified atom stereocenters. The van der Waals surface area contributed by atoms with Gasteiger partial charge in [0.25, 0.3) is 5.92 Å². The zero-order chi connectivity index (χ0) is 13.3. The number of halogens is 2. The summed E-state index contributed by atoms with van der Waals surface area (Å²) in [6, 6.07) is 0. The second-order valence-corrected chi connectivity index (χ2v) is 4.66. The standard InChI is InChI=1S/C11H14F2N6/c12-11(13)6-14-2-1-8(11)3-16-9-4-15-5-10-18-17-7-19(9)10/h4-5,7-8,14,16H,1-3,6H2. The highest BCUT2D eigenvalue weighted by molar-refractivity contribution is 5.45. The highest BCUT2D eigenvalue weighted by Crippen LogP contribution is 2.29. The van der Waals surface area contributed by atoms with E-state index in [1.807, 2.05) is 0 Å². The molecule has 2 aromatic rings. The first kappa shape index (κ1) is 12.2. The first-order valence-electron chi connectivity index (χ1n) is 6.13. The lowest BCUT2D eigenvalue weighted by Gasteiger charge is -2.32. The summed E-state index contributed by atoms with van der Waals surface area (Å²) >= 11 is 0. The van der Waals surface area contributed by atoms with Crippen LogP contribution in [0.2, 0.25) is 0 Å². The summed E-state index contributed by atoms with van der Waals surface area (Å²) in [5.41, 5.74) is 0.585. The smallest absolute Gasteiger partial charge is 0.264 e. The molecular formula is C11H14F2N6. The zero-order valence-corrected chi connectivity index (χ0v) is 10.2. The van der Waals surface area contributed by atoms with E-state index < -0.39 is 11.8 Å². The van der Waals surface area contributed by atoms with E-state index >= 15 is 0 Å². The van der Waals surface area contributed by atoms with E-state index in [4.69, 9.17) is 0 Å². The number of fused-ring (bicyclic) bond motifs is 1. The number of aromatic nitrogens is 4. The number of anilines is 1. The molecule has 2 N–H and O–H groups in total. The summed E-state index contributed by atoms with van der Waals surface area (Å²) in [5, 5.41) is 13.3. The minimum absolute atomic E-state index is 0.202. The van der Waals surface area contributed by atoms with Gasteiger partial charge in [-0.15, -0.1) is 10.2 Å². The lowest BCUT2D eigenvalue weighted by Crippen LogP contribution is -2.48. The van der Waals surface area contributed by atoms with E-state index in [9.17, 15) is 8.78 Å². The zero-order valence-electron chi connectivity index (χ0n) is 10.2. The summed E-state index contributed by atoms with van der Waals surface area (Å²) in [6.07, 6.45) is 5.12. The van der Waals surface area contributed by atoms with Crippen molar-refractivity contribution in [2.45, 2.75) is 12.3 Å². The van der Waals surface area contributed by atoms with E-state index in [0.717, 1.165) is 0 Å². The van der Waals surface area contributed by atoms with Crippen LogP contribution in [0.1, 0.15) is 6.42 Å². The molecule has 1 atom stereocenters. The molecule has 8 heteroatoms. The van der Waals surface area contributed by atoms with E-state index in [1.165, 1.54) is 6.33 Å². The number of piperidine rings is 1. The van der Waals surface area contributed by atoms with E-state index in [2.05, 4.69) is 25.8 Å². The Hall–Kier alpha value is -1.83. The van der Waals surface area contributed by atoms with Crippen molar-refractivity contribution < 1.29 is 8.78 Å². The Kier molecular flexibility index (Phi) is 3.02. The fraction of sp³-hybridized carbons (Fsp3) is 0.545. The third-order valence-corrected chi connectivity index (χ3v) is 3.38. The maximum atomic E-state index is 13.7. The summed E-state index contributed by atoms with van der Waals surface area (Å²) in [5.74, 6) is -2.74.